The highest BCUT2D eigenvalue weighted by molar-refractivity contribution is 6.30. The minimum absolute atomic E-state index is 0.0246. The molecule has 7 heteroatoms. The minimum atomic E-state index is -4.50. The maximum atomic E-state index is 13.1. The van der Waals surface area contributed by atoms with Gasteiger partial charge >= 0.3 is 6.18 Å². The van der Waals surface area contributed by atoms with Crippen LogP contribution in [0.5, 0.6) is 5.75 Å². The predicted molar refractivity (Wildman–Crippen MR) is 128 cm³/mol. The standard InChI is InChI=1S/C27H27ClF3NO2/c1-18(24(20-8-5-4-6-9-20)16-19-12-14-22(28)15-13-19)32-25(33)26(2,3)34-23-11-7-10-21(17-23)27(29,30)31/h4-15,17-18,24H,16H2,1-3H3,(H,32,33)/t18-,24+/m0/s1. The van der Waals surface area contributed by atoms with Gasteiger partial charge < -0.3 is 10.1 Å². The molecule has 1 amide bonds. The van der Waals surface area contributed by atoms with Gasteiger partial charge in [0.05, 0.1) is 5.56 Å². The summed E-state index contributed by atoms with van der Waals surface area (Å²) in [6.45, 7) is 4.98. The molecule has 0 fully saturated rings. The van der Waals surface area contributed by atoms with Crippen molar-refractivity contribution in [2.24, 2.45) is 0 Å². The molecule has 0 aliphatic heterocycles. The molecular formula is C27H27ClF3NO2. The molecule has 180 valence electrons. The number of amides is 1. The molecule has 3 rings (SSSR count). The molecule has 0 saturated heterocycles. The van der Waals surface area contributed by atoms with E-state index in [4.69, 9.17) is 16.3 Å². The fraction of sp³-hybridized carbons (Fsp3) is 0.296. The molecule has 0 radical (unpaired) electrons. The zero-order valence-electron chi connectivity index (χ0n) is 19.2. The normalized spacial score (nSPS) is 13.7. The Balaban J connectivity index is 1.76. The average molecular weight is 490 g/mol. The highest BCUT2D eigenvalue weighted by Gasteiger charge is 2.35. The van der Waals surface area contributed by atoms with Gasteiger partial charge in [0, 0.05) is 17.0 Å². The number of ether oxygens (including phenoxy) is 1. The second kappa shape index (κ2) is 10.5. The van der Waals surface area contributed by atoms with E-state index in [2.05, 4.69) is 5.32 Å². The van der Waals surface area contributed by atoms with E-state index in [1.165, 1.54) is 26.0 Å². The van der Waals surface area contributed by atoms with Crippen molar-refractivity contribution >= 4 is 17.5 Å². The first kappa shape index (κ1) is 25.6. The molecule has 3 aromatic carbocycles. The van der Waals surface area contributed by atoms with Gasteiger partial charge in [-0.05, 0) is 68.7 Å². The van der Waals surface area contributed by atoms with Crippen LogP contribution < -0.4 is 10.1 Å². The van der Waals surface area contributed by atoms with E-state index in [9.17, 15) is 18.0 Å². The van der Waals surface area contributed by atoms with E-state index in [1.54, 1.807) is 0 Å². The summed E-state index contributed by atoms with van der Waals surface area (Å²) in [5, 5.41) is 3.65. The van der Waals surface area contributed by atoms with Crippen molar-refractivity contribution in [2.45, 2.75) is 50.9 Å². The molecule has 0 aliphatic rings. The molecule has 0 aliphatic carbocycles. The lowest BCUT2D eigenvalue weighted by Crippen LogP contribution is -2.51. The lowest BCUT2D eigenvalue weighted by atomic mass is 9.86. The summed E-state index contributed by atoms with van der Waals surface area (Å²) < 4.78 is 44.8. The second-order valence-electron chi connectivity index (χ2n) is 8.75. The second-order valence-corrected chi connectivity index (χ2v) is 9.18. The summed E-state index contributed by atoms with van der Waals surface area (Å²) in [7, 11) is 0. The van der Waals surface area contributed by atoms with E-state index in [0.29, 0.717) is 11.4 Å². The number of benzene rings is 3. The van der Waals surface area contributed by atoms with Crippen LogP contribution >= 0.6 is 11.6 Å². The largest absolute Gasteiger partial charge is 0.478 e. The van der Waals surface area contributed by atoms with E-state index >= 15 is 0 Å². The minimum Gasteiger partial charge on any atom is -0.478 e. The average Bonchev–Trinajstić information content (AvgIpc) is 2.78. The molecule has 34 heavy (non-hydrogen) atoms. The molecule has 0 spiro atoms. The number of carbonyl (C=O) groups excluding carboxylic acids is 1. The lowest BCUT2D eigenvalue weighted by molar-refractivity contribution is -0.138. The third-order valence-electron chi connectivity index (χ3n) is 5.64. The summed E-state index contributed by atoms with van der Waals surface area (Å²) in [4.78, 5) is 13.1. The Hall–Kier alpha value is -2.99. The van der Waals surface area contributed by atoms with Gasteiger partial charge in [0.2, 0.25) is 0 Å². The zero-order valence-corrected chi connectivity index (χ0v) is 20.0. The Morgan fingerprint density at radius 1 is 0.971 bits per heavy atom. The summed E-state index contributed by atoms with van der Waals surface area (Å²) >= 11 is 6.01. The van der Waals surface area contributed by atoms with Crippen molar-refractivity contribution in [3.8, 4) is 5.75 Å². The SMILES string of the molecule is C[C@H](NC(=O)C(C)(C)Oc1cccc(C(F)(F)F)c1)[C@@H](Cc1ccc(Cl)cc1)c1ccccc1. The molecule has 0 unspecified atom stereocenters. The molecule has 2 atom stereocenters. The number of rotatable bonds is 8. The smallest absolute Gasteiger partial charge is 0.416 e. The maximum absolute atomic E-state index is 13.1. The van der Waals surface area contributed by atoms with Gasteiger partial charge in [-0.2, -0.15) is 13.2 Å². The quantitative estimate of drug-likeness (QED) is 0.368. The molecule has 1 N–H and O–H groups in total. The molecule has 0 aromatic heterocycles. The number of halogens is 4. The number of hydrogen-bond acceptors (Lipinski definition) is 2. The van der Waals surface area contributed by atoms with Crippen molar-refractivity contribution in [3.05, 3.63) is 101 Å². The number of carbonyl (C=O) groups is 1. The monoisotopic (exact) mass is 489 g/mol. The number of alkyl halides is 3. The van der Waals surface area contributed by atoms with Gasteiger partial charge in [0.25, 0.3) is 5.91 Å². The van der Waals surface area contributed by atoms with E-state index in [1.807, 2.05) is 61.5 Å². The van der Waals surface area contributed by atoms with Gasteiger partial charge in [-0.3, -0.25) is 4.79 Å². The van der Waals surface area contributed by atoms with Crippen molar-refractivity contribution < 1.29 is 22.7 Å². The third-order valence-corrected chi connectivity index (χ3v) is 5.89. The fourth-order valence-electron chi connectivity index (χ4n) is 3.72. The van der Waals surface area contributed by atoms with Crippen LogP contribution in [0.25, 0.3) is 0 Å². The van der Waals surface area contributed by atoms with Crippen LogP contribution in [0.4, 0.5) is 13.2 Å². The van der Waals surface area contributed by atoms with Gasteiger partial charge in [0.1, 0.15) is 5.75 Å². The van der Waals surface area contributed by atoms with Crippen LogP contribution in [-0.4, -0.2) is 17.6 Å². The topological polar surface area (TPSA) is 38.3 Å². The van der Waals surface area contributed by atoms with E-state index in [-0.39, 0.29) is 17.7 Å². The van der Waals surface area contributed by atoms with Crippen LogP contribution in [-0.2, 0) is 17.4 Å². The van der Waals surface area contributed by atoms with Gasteiger partial charge in [0.15, 0.2) is 5.60 Å². The van der Waals surface area contributed by atoms with Crippen LogP contribution in [0.1, 0.15) is 43.4 Å². The highest BCUT2D eigenvalue weighted by Crippen LogP contribution is 2.32. The highest BCUT2D eigenvalue weighted by atomic mass is 35.5. The maximum Gasteiger partial charge on any atom is 0.416 e. The Labute approximate surface area is 202 Å². The zero-order chi connectivity index (χ0) is 24.9. The predicted octanol–water partition coefficient (Wildman–Crippen LogP) is 7.05. The summed E-state index contributed by atoms with van der Waals surface area (Å²) in [6.07, 6.45) is -3.83. The van der Waals surface area contributed by atoms with Gasteiger partial charge in [-0.15, -0.1) is 0 Å². The first-order valence-corrected chi connectivity index (χ1v) is 11.3. The van der Waals surface area contributed by atoms with Gasteiger partial charge in [-0.25, -0.2) is 0 Å². The molecule has 0 bridgehead atoms. The van der Waals surface area contributed by atoms with Crippen LogP contribution in [0, 0.1) is 0 Å². The van der Waals surface area contributed by atoms with Crippen LogP contribution in [0.2, 0.25) is 5.02 Å². The number of hydrogen-bond donors (Lipinski definition) is 1. The number of nitrogens with one attached hydrogen (secondary N) is 1. The Bertz CT molecular complexity index is 1100. The molecule has 0 saturated carbocycles. The van der Waals surface area contributed by atoms with Crippen LogP contribution in [0.15, 0.2) is 78.9 Å². The molecular weight excluding hydrogens is 463 g/mol. The van der Waals surface area contributed by atoms with E-state index in [0.717, 1.165) is 23.3 Å². The van der Waals surface area contributed by atoms with Crippen molar-refractivity contribution in [1.82, 2.24) is 5.32 Å². The van der Waals surface area contributed by atoms with Crippen molar-refractivity contribution in [1.29, 1.82) is 0 Å². The summed E-state index contributed by atoms with van der Waals surface area (Å²) in [5.74, 6) is -0.492. The van der Waals surface area contributed by atoms with Crippen molar-refractivity contribution in [3.63, 3.8) is 0 Å². The van der Waals surface area contributed by atoms with E-state index < -0.39 is 23.2 Å². The summed E-state index contributed by atoms with van der Waals surface area (Å²) in [5.41, 5.74) is -0.0950. The third kappa shape index (κ3) is 6.76. The van der Waals surface area contributed by atoms with Gasteiger partial charge in [-0.1, -0.05) is 60.1 Å². The van der Waals surface area contributed by atoms with Crippen molar-refractivity contribution in [2.75, 3.05) is 0 Å². The fourth-order valence-corrected chi connectivity index (χ4v) is 3.84. The molecule has 3 aromatic rings. The Morgan fingerprint density at radius 3 is 2.24 bits per heavy atom. The lowest BCUT2D eigenvalue weighted by Gasteiger charge is -2.31. The molecule has 0 heterocycles. The molecule has 3 nitrogen and oxygen atoms in total. The summed E-state index contributed by atoms with van der Waals surface area (Å²) in [6, 6.07) is 21.6. The Kier molecular flexibility index (Phi) is 7.93. The first-order chi connectivity index (χ1) is 16.0. The Morgan fingerprint density at radius 2 is 1.62 bits per heavy atom. The van der Waals surface area contributed by atoms with Crippen LogP contribution in [0.3, 0.4) is 0 Å². The first-order valence-electron chi connectivity index (χ1n) is 10.9.